The number of ketones is 1. The first-order chi connectivity index (χ1) is 14.0. The van der Waals surface area contributed by atoms with Crippen molar-refractivity contribution in [2.45, 2.75) is 19.3 Å². The van der Waals surface area contributed by atoms with Gasteiger partial charge in [0, 0.05) is 23.9 Å². The van der Waals surface area contributed by atoms with Crippen molar-refractivity contribution in [3.8, 4) is 17.3 Å². The Bertz CT molecular complexity index is 1100. The summed E-state index contributed by atoms with van der Waals surface area (Å²) >= 11 is 1.22. The normalized spacial score (nSPS) is 11.3. The van der Waals surface area contributed by atoms with Crippen LogP contribution in [0.2, 0.25) is 0 Å². The molecule has 0 aliphatic carbocycles. The number of carbonyl (C=O) groups is 2. The summed E-state index contributed by atoms with van der Waals surface area (Å²) in [6.45, 7) is 5.19. The van der Waals surface area contributed by atoms with Gasteiger partial charge in [0.15, 0.2) is 5.82 Å². The molecular formula is C20H16N6O2S. The molecule has 0 aliphatic heterocycles. The van der Waals surface area contributed by atoms with Crippen LogP contribution < -0.4 is 5.32 Å². The third-order valence-corrected chi connectivity index (χ3v) is 5.02. The highest BCUT2D eigenvalue weighted by Crippen LogP contribution is 2.24. The highest BCUT2D eigenvalue weighted by Gasteiger charge is 2.18. The lowest BCUT2D eigenvalue weighted by atomic mass is 9.95. The van der Waals surface area contributed by atoms with Crippen LogP contribution in [0.25, 0.3) is 11.3 Å². The van der Waals surface area contributed by atoms with E-state index >= 15 is 0 Å². The molecule has 9 heteroatoms. The van der Waals surface area contributed by atoms with Gasteiger partial charge in [-0.15, -0.1) is 11.3 Å². The van der Waals surface area contributed by atoms with E-state index in [1.54, 1.807) is 12.4 Å². The standard InChI is InChI=1S/C20H16N6O2S/c1-3-19(28)26-18-11-23-16(10-24-18)14-4-13(7-22-8-14)12(2)17(27)5-20-25-9-15(6-21)29-20/h3-4,7-12H,1,5H2,2H3,(H,24,26,28). The average Bonchev–Trinajstić information content (AvgIpc) is 3.21. The highest BCUT2D eigenvalue weighted by molar-refractivity contribution is 7.12. The highest BCUT2D eigenvalue weighted by atomic mass is 32.1. The van der Waals surface area contributed by atoms with E-state index in [0.717, 1.165) is 11.6 Å². The number of pyridine rings is 1. The van der Waals surface area contributed by atoms with Crippen LogP contribution in [0.1, 0.15) is 28.3 Å². The molecular weight excluding hydrogens is 388 g/mol. The lowest BCUT2D eigenvalue weighted by Gasteiger charge is -2.11. The molecule has 3 aromatic rings. The number of hydrogen-bond acceptors (Lipinski definition) is 8. The van der Waals surface area contributed by atoms with Gasteiger partial charge in [-0.05, 0) is 17.7 Å². The van der Waals surface area contributed by atoms with E-state index in [-0.39, 0.29) is 18.1 Å². The van der Waals surface area contributed by atoms with Crippen molar-refractivity contribution in [2.24, 2.45) is 0 Å². The second kappa shape index (κ2) is 8.95. The largest absolute Gasteiger partial charge is 0.306 e. The second-order valence-corrected chi connectivity index (χ2v) is 7.20. The van der Waals surface area contributed by atoms with E-state index in [1.807, 2.05) is 19.1 Å². The Kier molecular flexibility index (Phi) is 6.16. The van der Waals surface area contributed by atoms with Gasteiger partial charge in [0.05, 0.1) is 30.7 Å². The van der Waals surface area contributed by atoms with E-state index in [4.69, 9.17) is 5.26 Å². The minimum absolute atomic E-state index is 0.0173. The van der Waals surface area contributed by atoms with Crippen LogP contribution in [0.3, 0.4) is 0 Å². The number of nitrogens with one attached hydrogen (secondary N) is 1. The number of nitrogens with zero attached hydrogens (tertiary/aromatic N) is 5. The number of rotatable bonds is 7. The number of thiazole rings is 1. The van der Waals surface area contributed by atoms with Crippen molar-refractivity contribution in [1.82, 2.24) is 19.9 Å². The molecule has 3 aromatic heterocycles. The first kappa shape index (κ1) is 20.0. The van der Waals surface area contributed by atoms with Crippen LogP contribution in [0.15, 0.2) is 49.7 Å². The first-order valence-electron chi connectivity index (χ1n) is 8.58. The molecule has 3 heterocycles. The maximum Gasteiger partial charge on any atom is 0.248 e. The number of carbonyl (C=O) groups excluding carboxylic acids is 2. The fraction of sp³-hybridized carbons (Fsp3) is 0.150. The Balaban J connectivity index is 1.74. The van der Waals surface area contributed by atoms with Crippen LogP contribution in [0.4, 0.5) is 5.82 Å². The number of Topliss-reactive ketones (excluding diaryl/α,β-unsaturated/α-hetero) is 1. The van der Waals surface area contributed by atoms with Gasteiger partial charge in [0.25, 0.3) is 0 Å². The zero-order valence-corrected chi connectivity index (χ0v) is 16.3. The lowest BCUT2D eigenvalue weighted by molar-refractivity contribution is -0.119. The zero-order chi connectivity index (χ0) is 20.8. The maximum atomic E-state index is 12.6. The molecule has 0 saturated heterocycles. The van der Waals surface area contributed by atoms with E-state index in [0.29, 0.717) is 27.0 Å². The minimum Gasteiger partial charge on any atom is -0.306 e. The van der Waals surface area contributed by atoms with Crippen molar-refractivity contribution in [3.63, 3.8) is 0 Å². The van der Waals surface area contributed by atoms with E-state index in [9.17, 15) is 9.59 Å². The van der Waals surface area contributed by atoms with E-state index in [1.165, 1.54) is 29.9 Å². The van der Waals surface area contributed by atoms with Crippen LogP contribution >= 0.6 is 11.3 Å². The summed E-state index contributed by atoms with van der Waals surface area (Å²) in [4.78, 5) is 41.2. The molecule has 1 N–H and O–H groups in total. The quantitative estimate of drug-likeness (QED) is 0.601. The average molecular weight is 404 g/mol. The van der Waals surface area contributed by atoms with Gasteiger partial charge < -0.3 is 5.32 Å². The van der Waals surface area contributed by atoms with Crippen molar-refractivity contribution in [3.05, 3.63) is 65.2 Å². The van der Waals surface area contributed by atoms with Gasteiger partial charge in [0.2, 0.25) is 5.91 Å². The number of aromatic nitrogens is 4. The monoisotopic (exact) mass is 404 g/mol. The molecule has 1 amide bonds. The summed E-state index contributed by atoms with van der Waals surface area (Å²) < 4.78 is 0. The summed E-state index contributed by atoms with van der Waals surface area (Å²) in [7, 11) is 0. The molecule has 144 valence electrons. The molecule has 0 saturated carbocycles. The Morgan fingerprint density at radius 1 is 1.24 bits per heavy atom. The number of nitriles is 1. The van der Waals surface area contributed by atoms with Gasteiger partial charge >= 0.3 is 0 Å². The molecule has 0 radical (unpaired) electrons. The van der Waals surface area contributed by atoms with Crippen molar-refractivity contribution in [1.29, 1.82) is 5.26 Å². The summed E-state index contributed by atoms with van der Waals surface area (Å²) in [6, 6.07) is 3.86. The molecule has 0 bridgehead atoms. The maximum absolute atomic E-state index is 12.6. The summed E-state index contributed by atoms with van der Waals surface area (Å²) in [6.07, 6.45) is 9.01. The van der Waals surface area contributed by atoms with Crippen LogP contribution in [0.5, 0.6) is 0 Å². The Labute approximate surface area is 171 Å². The Morgan fingerprint density at radius 3 is 2.72 bits per heavy atom. The second-order valence-electron chi connectivity index (χ2n) is 6.08. The van der Waals surface area contributed by atoms with Gasteiger partial charge in [-0.1, -0.05) is 13.5 Å². The number of amides is 1. The van der Waals surface area contributed by atoms with E-state index < -0.39 is 5.92 Å². The lowest BCUT2D eigenvalue weighted by Crippen LogP contribution is -2.12. The smallest absolute Gasteiger partial charge is 0.248 e. The third-order valence-electron chi connectivity index (χ3n) is 4.12. The molecule has 0 aromatic carbocycles. The topological polar surface area (TPSA) is 122 Å². The molecule has 1 atom stereocenters. The molecule has 1 unspecified atom stereocenters. The van der Waals surface area contributed by atoms with Gasteiger partial charge in [-0.2, -0.15) is 5.26 Å². The molecule has 8 nitrogen and oxygen atoms in total. The minimum atomic E-state index is -0.393. The fourth-order valence-corrected chi connectivity index (χ4v) is 3.21. The van der Waals surface area contributed by atoms with Gasteiger partial charge in [-0.3, -0.25) is 19.6 Å². The summed E-state index contributed by atoms with van der Waals surface area (Å²) in [5, 5.41) is 12.0. The van der Waals surface area contributed by atoms with E-state index in [2.05, 4.69) is 31.8 Å². The zero-order valence-electron chi connectivity index (χ0n) is 15.5. The van der Waals surface area contributed by atoms with Crippen LogP contribution in [-0.4, -0.2) is 31.6 Å². The predicted molar refractivity (Wildman–Crippen MR) is 108 cm³/mol. The number of anilines is 1. The van der Waals surface area contributed by atoms with Crippen LogP contribution in [0, 0.1) is 11.3 Å². The van der Waals surface area contributed by atoms with Crippen LogP contribution in [-0.2, 0) is 16.0 Å². The SMILES string of the molecule is C=CC(=O)Nc1cnc(-c2cncc(C(C)C(=O)Cc3ncc(C#N)s3)c2)cn1. The van der Waals surface area contributed by atoms with Gasteiger partial charge in [-0.25, -0.2) is 9.97 Å². The Morgan fingerprint density at radius 2 is 2.07 bits per heavy atom. The number of hydrogen-bond donors (Lipinski definition) is 1. The molecule has 29 heavy (non-hydrogen) atoms. The predicted octanol–water partition coefficient (Wildman–Crippen LogP) is 2.91. The van der Waals surface area contributed by atoms with Crippen molar-refractivity contribution >= 4 is 28.8 Å². The molecule has 0 spiro atoms. The van der Waals surface area contributed by atoms with Gasteiger partial charge in [0.1, 0.15) is 21.7 Å². The third kappa shape index (κ3) is 4.94. The summed E-state index contributed by atoms with van der Waals surface area (Å²) in [5.41, 5.74) is 2.02. The van der Waals surface area contributed by atoms with Crippen molar-refractivity contribution in [2.75, 3.05) is 5.32 Å². The molecule has 0 aliphatic rings. The molecule has 3 rings (SSSR count). The van der Waals surface area contributed by atoms with Crippen molar-refractivity contribution < 1.29 is 9.59 Å². The first-order valence-corrected chi connectivity index (χ1v) is 9.40. The fourth-order valence-electron chi connectivity index (χ4n) is 2.49. The molecule has 0 fully saturated rings. The summed E-state index contributed by atoms with van der Waals surface area (Å²) in [5.74, 6) is -0.468. The Hall–Kier alpha value is -3.77.